The molecule has 0 fully saturated rings. The van der Waals surface area contributed by atoms with Crippen LogP contribution in [0.5, 0.6) is 0 Å². The summed E-state index contributed by atoms with van der Waals surface area (Å²) in [5.41, 5.74) is 3.06. The lowest BCUT2D eigenvalue weighted by Gasteiger charge is -2.07. The Morgan fingerprint density at radius 1 is 1.08 bits per heavy atom. The molecule has 1 aromatic heterocycles. The van der Waals surface area contributed by atoms with Crippen molar-refractivity contribution in [2.45, 2.75) is 13.8 Å². The normalized spacial score (nSPS) is 10.7. The fraction of sp³-hybridized carbons (Fsp3) is 0.111. The quantitative estimate of drug-likeness (QED) is 0.756. The fourth-order valence-electron chi connectivity index (χ4n) is 2.44. The van der Waals surface area contributed by atoms with Crippen molar-refractivity contribution in [3.63, 3.8) is 0 Å². The van der Waals surface area contributed by atoms with Crippen molar-refractivity contribution in [2.24, 2.45) is 0 Å². The number of amides is 1. The van der Waals surface area contributed by atoms with Gasteiger partial charge in [-0.1, -0.05) is 29.8 Å². The van der Waals surface area contributed by atoms with E-state index in [2.05, 4.69) is 15.5 Å². The summed E-state index contributed by atoms with van der Waals surface area (Å²) >= 11 is 0. The summed E-state index contributed by atoms with van der Waals surface area (Å²) in [6, 6.07) is 10.4. The van der Waals surface area contributed by atoms with Crippen LogP contribution in [0.15, 0.2) is 42.5 Å². The second-order valence-corrected chi connectivity index (χ2v) is 5.52. The van der Waals surface area contributed by atoms with Crippen molar-refractivity contribution < 1.29 is 13.6 Å². The minimum absolute atomic E-state index is 0.269. The summed E-state index contributed by atoms with van der Waals surface area (Å²) in [6.07, 6.45) is 0. The number of carbonyl (C=O) groups excluding carboxylic acids is 1. The Kier molecular flexibility index (Phi) is 4.12. The van der Waals surface area contributed by atoms with Gasteiger partial charge in [0.25, 0.3) is 5.91 Å². The van der Waals surface area contributed by atoms with Gasteiger partial charge < -0.3 is 5.32 Å². The van der Waals surface area contributed by atoms with E-state index in [1.807, 2.05) is 38.1 Å². The average molecular weight is 327 g/mol. The second kappa shape index (κ2) is 6.23. The maximum Gasteiger partial charge on any atom is 0.259 e. The highest BCUT2D eigenvalue weighted by molar-refractivity contribution is 6.05. The number of hydrogen-bond acceptors (Lipinski definition) is 2. The van der Waals surface area contributed by atoms with Gasteiger partial charge in [0.05, 0.1) is 5.56 Å². The lowest BCUT2D eigenvalue weighted by atomic mass is 10.0. The van der Waals surface area contributed by atoms with Gasteiger partial charge in [0, 0.05) is 11.3 Å². The summed E-state index contributed by atoms with van der Waals surface area (Å²) in [6.45, 7) is 3.79. The maximum absolute atomic E-state index is 13.7. The van der Waals surface area contributed by atoms with Gasteiger partial charge in [-0.3, -0.25) is 9.89 Å². The number of rotatable bonds is 3. The van der Waals surface area contributed by atoms with Crippen LogP contribution in [0, 0.1) is 25.5 Å². The van der Waals surface area contributed by atoms with E-state index in [0.29, 0.717) is 5.56 Å². The summed E-state index contributed by atoms with van der Waals surface area (Å²) in [7, 11) is 0. The minimum atomic E-state index is -0.793. The molecule has 2 aromatic carbocycles. The first-order valence-corrected chi connectivity index (χ1v) is 7.34. The highest BCUT2D eigenvalue weighted by atomic mass is 19.1. The average Bonchev–Trinajstić information content (AvgIpc) is 2.91. The molecular weight excluding hydrogens is 312 g/mol. The fourth-order valence-corrected chi connectivity index (χ4v) is 2.44. The Hall–Kier alpha value is -3.02. The smallest absolute Gasteiger partial charge is 0.259 e. The van der Waals surface area contributed by atoms with Gasteiger partial charge in [-0.05, 0) is 37.6 Å². The van der Waals surface area contributed by atoms with E-state index in [-0.39, 0.29) is 11.4 Å². The summed E-state index contributed by atoms with van der Waals surface area (Å²) < 4.78 is 27.0. The van der Waals surface area contributed by atoms with Crippen molar-refractivity contribution >= 4 is 11.7 Å². The Labute approximate surface area is 137 Å². The van der Waals surface area contributed by atoms with Gasteiger partial charge in [-0.25, -0.2) is 8.78 Å². The Bertz CT molecular complexity index is 901. The first-order valence-electron chi connectivity index (χ1n) is 7.34. The Morgan fingerprint density at radius 3 is 2.50 bits per heavy atom. The van der Waals surface area contributed by atoms with Crippen molar-refractivity contribution in [2.75, 3.05) is 5.32 Å². The zero-order valence-electron chi connectivity index (χ0n) is 13.2. The van der Waals surface area contributed by atoms with Crippen molar-refractivity contribution in [1.82, 2.24) is 10.2 Å². The molecule has 1 amide bonds. The van der Waals surface area contributed by atoms with Crippen LogP contribution in [0.2, 0.25) is 0 Å². The van der Waals surface area contributed by atoms with Gasteiger partial charge in [0.2, 0.25) is 0 Å². The van der Waals surface area contributed by atoms with Crippen LogP contribution in [0.25, 0.3) is 11.1 Å². The lowest BCUT2D eigenvalue weighted by Crippen LogP contribution is -2.15. The molecular formula is C18H15F2N3O. The molecule has 0 saturated heterocycles. The third-order valence-electron chi connectivity index (χ3n) is 3.69. The third-order valence-corrected chi connectivity index (χ3v) is 3.69. The Balaban J connectivity index is 1.95. The van der Waals surface area contributed by atoms with Gasteiger partial charge in [0.15, 0.2) is 5.82 Å². The van der Waals surface area contributed by atoms with E-state index < -0.39 is 17.5 Å². The summed E-state index contributed by atoms with van der Waals surface area (Å²) in [5.74, 6) is -1.96. The molecule has 0 unspecified atom stereocenters. The number of nitrogens with one attached hydrogen (secondary N) is 2. The predicted molar refractivity (Wildman–Crippen MR) is 87.8 cm³/mol. The number of H-pyrrole nitrogens is 1. The number of anilines is 1. The number of hydrogen-bond donors (Lipinski definition) is 2. The molecule has 0 aliphatic heterocycles. The van der Waals surface area contributed by atoms with Crippen molar-refractivity contribution in [3.05, 3.63) is 70.9 Å². The van der Waals surface area contributed by atoms with Gasteiger partial charge in [-0.15, -0.1) is 0 Å². The van der Waals surface area contributed by atoms with E-state index in [9.17, 15) is 13.6 Å². The molecule has 0 saturated carbocycles. The molecule has 3 aromatic rings. The predicted octanol–water partition coefficient (Wildman–Crippen LogP) is 4.22. The zero-order chi connectivity index (χ0) is 17.3. The van der Waals surface area contributed by atoms with Gasteiger partial charge in [0.1, 0.15) is 11.6 Å². The molecule has 6 heteroatoms. The number of aromatic amines is 1. The zero-order valence-corrected chi connectivity index (χ0v) is 13.2. The van der Waals surface area contributed by atoms with Crippen LogP contribution < -0.4 is 5.32 Å². The molecule has 3 rings (SSSR count). The maximum atomic E-state index is 13.7. The third kappa shape index (κ3) is 3.03. The minimum Gasteiger partial charge on any atom is -0.304 e. The number of benzene rings is 2. The van der Waals surface area contributed by atoms with E-state index in [0.717, 1.165) is 35.0 Å². The molecule has 0 aliphatic rings. The second-order valence-electron chi connectivity index (χ2n) is 5.52. The summed E-state index contributed by atoms with van der Waals surface area (Å²) in [5, 5.41) is 9.40. The number of nitrogens with zero attached hydrogens (tertiary/aromatic N) is 1. The van der Waals surface area contributed by atoms with Crippen LogP contribution in [-0.4, -0.2) is 16.1 Å². The molecule has 2 N–H and O–H groups in total. The molecule has 4 nitrogen and oxygen atoms in total. The van der Waals surface area contributed by atoms with Crippen LogP contribution in [-0.2, 0) is 0 Å². The van der Waals surface area contributed by atoms with E-state index in [1.54, 1.807) is 0 Å². The van der Waals surface area contributed by atoms with E-state index in [1.165, 1.54) is 0 Å². The van der Waals surface area contributed by atoms with Crippen molar-refractivity contribution in [1.29, 1.82) is 0 Å². The summed E-state index contributed by atoms with van der Waals surface area (Å²) in [4.78, 5) is 12.3. The molecule has 24 heavy (non-hydrogen) atoms. The highest BCUT2D eigenvalue weighted by Crippen LogP contribution is 2.30. The monoisotopic (exact) mass is 327 g/mol. The molecule has 0 bridgehead atoms. The number of aryl methyl sites for hydroxylation is 2. The molecule has 0 atom stereocenters. The van der Waals surface area contributed by atoms with E-state index >= 15 is 0 Å². The lowest BCUT2D eigenvalue weighted by molar-refractivity contribution is 0.102. The number of aromatic nitrogens is 2. The molecule has 0 aliphatic carbocycles. The number of carbonyl (C=O) groups is 1. The standard InChI is InChI=1S/C18H15F2N3O/c1-10-3-5-12(6-4-10)16-11(2)22-23-17(16)21-18(24)14-9-13(19)7-8-15(14)20/h3-9H,1-2H3,(H2,21,22,23,24). The van der Waals surface area contributed by atoms with Crippen molar-refractivity contribution in [3.8, 4) is 11.1 Å². The van der Waals surface area contributed by atoms with E-state index in [4.69, 9.17) is 0 Å². The molecule has 1 heterocycles. The molecule has 0 spiro atoms. The van der Waals surface area contributed by atoms with Gasteiger partial charge in [-0.2, -0.15) is 5.10 Å². The highest BCUT2D eigenvalue weighted by Gasteiger charge is 2.18. The number of halogens is 2. The van der Waals surface area contributed by atoms with Crippen LogP contribution in [0.1, 0.15) is 21.6 Å². The first kappa shape index (κ1) is 15.9. The van der Waals surface area contributed by atoms with Crippen LogP contribution in [0.3, 0.4) is 0 Å². The van der Waals surface area contributed by atoms with Crippen LogP contribution in [0.4, 0.5) is 14.6 Å². The first-order chi connectivity index (χ1) is 11.5. The van der Waals surface area contributed by atoms with Gasteiger partial charge >= 0.3 is 0 Å². The Morgan fingerprint density at radius 2 is 1.79 bits per heavy atom. The van der Waals surface area contributed by atoms with Crippen LogP contribution >= 0.6 is 0 Å². The topological polar surface area (TPSA) is 57.8 Å². The SMILES string of the molecule is Cc1ccc(-c2c(NC(=O)c3cc(F)ccc3F)n[nH]c2C)cc1. The molecule has 0 radical (unpaired) electrons. The molecule has 122 valence electrons. The largest absolute Gasteiger partial charge is 0.304 e.